The van der Waals surface area contributed by atoms with Crippen LogP contribution in [0.15, 0.2) is 36.7 Å². The number of amides is 1. The van der Waals surface area contributed by atoms with Gasteiger partial charge in [0.2, 0.25) is 5.95 Å². The van der Waals surface area contributed by atoms with E-state index >= 15 is 0 Å². The molecule has 1 amide bonds. The lowest BCUT2D eigenvalue weighted by atomic mass is 10.1. The van der Waals surface area contributed by atoms with Gasteiger partial charge in [-0.15, -0.1) is 0 Å². The van der Waals surface area contributed by atoms with Crippen LogP contribution in [-0.2, 0) is 0 Å². The van der Waals surface area contributed by atoms with Crippen molar-refractivity contribution >= 4 is 11.9 Å². The third-order valence-electron chi connectivity index (χ3n) is 2.48. The molecule has 21 heavy (non-hydrogen) atoms. The number of carbonyl (C=O) groups is 1. The first-order valence-electron chi connectivity index (χ1n) is 6.18. The van der Waals surface area contributed by atoms with Gasteiger partial charge in [-0.2, -0.15) is 0 Å². The lowest BCUT2D eigenvalue weighted by molar-refractivity contribution is 0.102. The number of halogens is 1. The molecule has 106 valence electrons. The third kappa shape index (κ3) is 4.09. The number of hydrogen-bond acceptors (Lipinski definition) is 4. The lowest BCUT2D eigenvalue weighted by Gasteiger charge is -2.05. The fourth-order valence-corrected chi connectivity index (χ4v) is 1.56. The van der Waals surface area contributed by atoms with Crippen LogP contribution in [-0.4, -0.2) is 27.6 Å². The highest BCUT2D eigenvalue weighted by atomic mass is 19.1. The molecule has 0 spiro atoms. The first-order valence-corrected chi connectivity index (χ1v) is 6.18. The Kier molecular flexibility index (Phi) is 4.96. The normalized spacial score (nSPS) is 9.62. The van der Waals surface area contributed by atoms with E-state index < -0.39 is 11.7 Å². The van der Waals surface area contributed by atoms with Crippen LogP contribution in [0.25, 0.3) is 0 Å². The number of benzene rings is 1. The molecule has 0 aliphatic carbocycles. The number of aliphatic hydroxyl groups is 1. The van der Waals surface area contributed by atoms with Gasteiger partial charge < -0.3 is 5.11 Å². The molecule has 0 fully saturated rings. The monoisotopic (exact) mass is 285 g/mol. The van der Waals surface area contributed by atoms with Crippen molar-refractivity contribution in [1.82, 2.24) is 9.97 Å². The average Bonchev–Trinajstić information content (AvgIpc) is 2.50. The predicted molar refractivity (Wildman–Crippen MR) is 75.0 cm³/mol. The molecule has 0 atom stereocenters. The zero-order valence-electron chi connectivity index (χ0n) is 11.0. The van der Waals surface area contributed by atoms with Crippen LogP contribution in [0.1, 0.15) is 22.3 Å². The molecular weight excluding hydrogens is 273 g/mol. The molecule has 0 bridgehead atoms. The summed E-state index contributed by atoms with van der Waals surface area (Å²) in [5.74, 6) is 4.46. The summed E-state index contributed by atoms with van der Waals surface area (Å²) in [6.45, 7) is -0.0758. The quantitative estimate of drug-likeness (QED) is 0.840. The molecule has 2 rings (SSSR count). The van der Waals surface area contributed by atoms with E-state index in [4.69, 9.17) is 5.11 Å². The van der Waals surface area contributed by atoms with Crippen LogP contribution < -0.4 is 5.32 Å². The summed E-state index contributed by atoms with van der Waals surface area (Å²) < 4.78 is 13.3. The van der Waals surface area contributed by atoms with Gasteiger partial charge in [0.25, 0.3) is 5.91 Å². The molecule has 1 aromatic heterocycles. The second kappa shape index (κ2) is 7.12. The second-order valence-corrected chi connectivity index (χ2v) is 3.99. The van der Waals surface area contributed by atoms with Crippen LogP contribution in [0, 0.1) is 17.7 Å². The van der Waals surface area contributed by atoms with Crippen molar-refractivity contribution in [2.24, 2.45) is 0 Å². The van der Waals surface area contributed by atoms with E-state index in [1.165, 1.54) is 24.5 Å². The maximum absolute atomic E-state index is 13.3. The van der Waals surface area contributed by atoms with E-state index in [1.54, 1.807) is 6.07 Å². The van der Waals surface area contributed by atoms with Crippen LogP contribution in [0.2, 0.25) is 0 Å². The minimum atomic E-state index is -0.547. The number of rotatable bonds is 3. The van der Waals surface area contributed by atoms with Gasteiger partial charge in [0, 0.05) is 24.4 Å². The van der Waals surface area contributed by atoms with Gasteiger partial charge in [0.05, 0.1) is 12.2 Å². The fourth-order valence-electron chi connectivity index (χ4n) is 1.56. The molecule has 6 heteroatoms. The minimum Gasteiger partial charge on any atom is -0.395 e. The molecule has 1 heterocycles. The van der Waals surface area contributed by atoms with E-state index in [1.807, 2.05) is 0 Å². The van der Waals surface area contributed by atoms with Gasteiger partial charge in [-0.1, -0.05) is 11.8 Å². The summed E-state index contributed by atoms with van der Waals surface area (Å²) in [6, 6.07) is 5.35. The smallest absolute Gasteiger partial charge is 0.259 e. The molecule has 0 radical (unpaired) electrons. The molecule has 0 aliphatic heterocycles. The highest BCUT2D eigenvalue weighted by Gasteiger charge is 2.12. The number of carbonyl (C=O) groups excluding carboxylic acids is 1. The molecule has 0 unspecified atom stereocenters. The Morgan fingerprint density at radius 1 is 1.33 bits per heavy atom. The number of nitrogens with one attached hydrogen (secondary N) is 1. The fraction of sp³-hybridized carbons (Fsp3) is 0.133. The van der Waals surface area contributed by atoms with Gasteiger partial charge in [-0.25, -0.2) is 14.4 Å². The second-order valence-electron chi connectivity index (χ2n) is 3.99. The van der Waals surface area contributed by atoms with Crippen molar-refractivity contribution in [1.29, 1.82) is 0 Å². The summed E-state index contributed by atoms with van der Waals surface area (Å²) in [5, 5.41) is 11.2. The molecule has 0 saturated carbocycles. The third-order valence-corrected chi connectivity index (χ3v) is 2.48. The van der Waals surface area contributed by atoms with Crippen LogP contribution >= 0.6 is 0 Å². The van der Waals surface area contributed by atoms with Crippen molar-refractivity contribution in [2.75, 3.05) is 11.9 Å². The van der Waals surface area contributed by atoms with Crippen molar-refractivity contribution < 1.29 is 14.3 Å². The summed E-state index contributed by atoms with van der Waals surface area (Å²) >= 11 is 0. The van der Waals surface area contributed by atoms with Gasteiger partial charge >= 0.3 is 0 Å². The molecule has 0 aliphatic rings. The van der Waals surface area contributed by atoms with Gasteiger partial charge in [0.15, 0.2) is 0 Å². The number of anilines is 1. The van der Waals surface area contributed by atoms with Crippen molar-refractivity contribution in [2.45, 2.75) is 6.42 Å². The van der Waals surface area contributed by atoms with Gasteiger partial charge in [0.1, 0.15) is 5.82 Å². The molecular formula is C15H12FN3O2. The Bertz CT molecular complexity index is 693. The van der Waals surface area contributed by atoms with E-state index in [9.17, 15) is 9.18 Å². The largest absolute Gasteiger partial charge is 0.395 e. The van der Waals surface area contributed by atoms with E-state index in [0.29, 0.717) is 5.56 Å². The molecule has 2 aromatic rings. The zero-order valence-corrected chi connectivity index (χ0v) is 11.0. The topological polar surface area (TPSA) is 75.1 Å². The van der Waals surface area contributed by atoms with Gasteiger partial charge in [-0.3, -0.25) is 10.1 Å². The maximum Gasteiger partial charge on any atom is 0.259 e. The lowest BCUT2D eigenvalue weighted by Crippen LogP contribution is -2.15. The summed E-state index contributed by atoms with van der Waals surface area (Å²) in [4.78, 5) is 19.9. The first kappa shape index (κ1) is 14.6. The first-order chi connectivity index (χ1) is 10.2. The Morgan fingerprint density at radius 2 is 2.10 bits per heavy atom. The maximum atomic E-state index is 13.3. The van der Waals surface area contributed by atoms with Crippen LogP contribution in [0.5, 0.6) is 0 Å². The molecule has 5 nitrogen and oxygen atoms in total. The highest BCUT2D eigenvalue weighted by molar-refractivity contribution is 6.05. The summed E-state index contributed by atoms with van der Waals surface area (Å²) in [5.41, 5.74) is 0.464. The highest BCUT2D eigenvalue weighted by Crippen LogP contribution is 2.12. The Morgan fingerprint density at radius 3 is 2.81 bits per heavy atom. The number of hydrogen-bond donors (Lipinski definition) is 2. The Hall–Kier alpha value is -2.78. The Balaban J connectivity index is 2.27. The SMILES string of the molecule is O=C(Nc1ncccn1)c1cc(F)ccc1C#CCCO. The number of nitrogens with zero attached hydrogens (tertiary/aromatic N) is 2. The number of aromatic nitrogens is 2. The molecule has 0 saturated heterocycles. The Labute approximate surface area is 120 Å². The minimum absolute atomic E-state index is 0.0758. The standard InChI is InChI=1S/C15H12FN3O2/c16-12-6-5-11(4-1-2-9-20)13(10-12)14(21)19-15-17-7-3-8-18-15/h3,5-8,10,20H,2,9H2,(H,17,18,19,21). The zero-order chi connectivity index (χ0) is 15.1. The van der Waals surface area contributed by atoms with Crippen molar-refractivity contribution in [3.8, 4) is 11.8 Å². The predicted octanol–water partition coefficient (Wildman–Crippen LogP) is 1.60. The van der Waals surface area contributed by atoms with Crippen molar-refractivity contribution in [3.05, 3.63) is 53.6 Å². The summed E-state index contributed by atoms with van der Waals surface area (Å²) in [6.07, 6.45) is 3.24. The van der Waals surface area contributed by atoms with Gasteiger partial charge in [-0.05, 0) is 24.3 Å². The number of aliphatic hydroxyl groups excluding tert-OH is 1. The van der Waals surface area contributed by atoms with Crippen LogP contribution in [0.4, 0.5) is 10.3 Å². The molecule has 1 aromatic carbocycles. The van der Waals surface area contributed by atoms with E-state index in [2.05, 4.69) is 27.1 Å². The van der Waals surface area contributed by atoms with Crippen molar-refractivity contribution in [3.63, 3.8) is 0 Å². The van der Waals surface area contributed by atoms with E-state index in [-0.39, 0.29) is 24.5 Å². The molecule has 2 N–H and O–H groups in total. The van der Waals surface area contributed by atoms with Crippen LogP contribution in [0.3, 0.4) is 0 Å². The average molecular weight is 285 g/mol. The summed E-state index contributed by atoms with van der Waals surface area (Å²) in [7, 11) is 0. The van der Waals surface area contributed by atoms with E-state index in [0.717, 1.165) is 6.07 Å².